The summed E-state index contributed by atoms with van der Waals surface area (Å²) in [6, 6.07) is 1.93. The average Bonchev–Trinajstić information content (AvgIpc) is 2.77. The molecule has 22 heavy (non-hydrogen) atoms. The summed E-state index contributed by atoms with van der Waals surface area (Å²) in [4.78, 5) is 22.7. The number of aliphatic hydroxyl groups is 1. The molecule has 0 spiro atoms. The molecule has 1 amide bonds. The molecule has 1 unspecified atom stereocenters. The van der Waals surface area contributed by atoms with Crippen molar-refractivity contribution in [3.63, 3.8) is 0 Å². The summed E-state index contributed by atoms with van der Waals surface area (Å²) in [6.07, 6.45) is -0.459. The van der Waals surface area contributed by atoms with Gasteiger partial charge in [0.15, 0.2) is 5.82 Å². The minimum atomic E-state index is -0.563. The van der Waals surface area contributed by atoms with E-state index in [0.717, 1.165) is 11.4 Å². The van der Waals surface area contributed by atoms with Gasteiger partial charge in [0.25, 0.3) is 5.78 Å². The van der Waals surface area contributed by atoms with Gasteiger partial charge in [0.1, 0.15) is 0 Å². The van der Waals surface area contributed by atoms with Crippen molar-refractivity contribution in [3.8, 4) is 0 Å². The lowest BCUT2D eigenvalue weighted by Gasteiger charge is -2.27. The van der Waals surface area contributed by atoms with Crippen LogP contribution in [0.2, 0.25) is 0 Å². The number of aliphatic hydroxyl groups excluding tert-OH is 1. The van der Waals surface area contributed by atoms with Crippen LogP contribution in [-0.2, 0) is 11.2 Å². The normalized spacial score (nSPS) is 12.9. The summed E-state index contributed by atoms with van der Waals surface area (Å²) in [6.45, 7) is 9.65. The highest BCUT2D eigenvalue weighted by Crippen LogP contribution is 2.08. The standard InChI is InChI=1S/C15H23N5O2/c1-9(2)19(8-12(5)21)14(22)7-13-17-15-16-10(3)6-11(4)20(15)18-13/h6,9,12,21H,7-8H2,1-5H3. The Kier molecular flexibility index (Phi) is 4.75. The molecule has 0 saturated heterocycles. The highest BCUT2D eigenvalue weighted by atomic mass is 16.3. The summed E-state index contributed by atoms with van der Waals surface area (Å²) in [5.74, 6) is 0.857. The Morgan fingerprint density at radius 3 is 2.59 bits per heavy atom. The zero-order valence-electron chi connectivity index (χ0n) is 13.7. The topological polar surface area (TPSA) is 83.6 Å². The first-order valence-corrected chi connectivity index (χ1v) is 7.45. The van der Waals surface area contributed by atoms with Gasteiger partial charge in [-0.25, -0.2) is 9.50 Å². The largest absolute Gasteiger partial charge is 0.392 e. The van der Waals surface area contributed by atoms with Crippen LogP contribution < -0.4 is 0 Å². The van der Waals surface area contributed by atoms with Crippen LogP contribution in [0.3, 0.4) is 0 Å². The van der Waals surface area contributed by atoms with Gasteiger partial charge in [-0.15, -0.1) is 5.10 Å². The van der Waals surface area contributed by atoms with Crippen molar-refractivity contribution in [2.75, 3.05) is 6.54 Å². The van der Waals surface area contributed by atoms with Crippen molar-refractivity contribution in [1.29, 1.82) is 0 Å². The zero-order valence-corrected chi connectivity index (χ0v) is 13.7. The van der Waals surface area contributed by atoms with Gasteiger partial charge in [0.05, 0.1) is 12.5 Å². The van der Waals surface area contributed by atoms with Crippen LogP contribution in [0.1, 0.15) is 38.0 Å². The van der Waals surface area contributed by atoms with E-state index in [1.807, 2.05) is 33.8 Å². The summed E-state index contributed by atoms with van der Waals surface area (Å²) in [5.41, 5.74) is 1.80. The number of rotatable bonds is 5. The first kappa shape index (κ1) is 16.4. The molecule has 0 aliphatic rings. The molecule has 1 atom stereocenters. The molecule has 120 valence electrons. The molecule has 2 rings (SSSR count). The van der Waals surface area contributed by atoms with E-state index in [2.05, 4.69) is 15.1 Å². The Balaban J connectivity index is 2.22. The number of hydrogen-bond donors (Lipinski definition) is 1. The second-order valence-electron chi connectivity index (χ2n) is 5.94. The van der Waals surface area contributed by atoms with Gasteiger partial charge in [-0.05, 0) is 40.7 Å². The minimum Gasteiger partial charge on any atom is -0.392 e. The maximum absolute atomic E-state index is 12.4. The monoisotopic (exact) mass is 305 g/mol. The number of nitrogens with zero attached hydrogens (tertiary/aromatic N) is 5. The highest BCUT2D eigenvalue weighted by molar-refractivity contribution is 5.78. The van der Waals surface area contributed by atoms with Crippen LogP contribution in [-0.4, -0.2) is 54.2 Å². The fraction of sp³-hybridized carbons (Fsp3) is 0.600. The van der Waals surface area contributed by atoms with Crippen molar-refractivity contribution < 1.29 is 9.90 Å². The van der Waals surface area contributed by atoms with Crippen molar-refractivity contribution >= 4 is 11.7 Å². The first-order chi connectivity index (χ1) is 10.3. The van der Waals surface area contributed by atoms with Crippen LogP contribution in [0.25, 0.3) is 5.78 Å². The van der Waals surface area contributed by atoms with Crippen molar-refractivity contribution in [3.05, 3.63) is 23.3 Å². The lowest BCUT2D eigenvalue weighted by molar-refractivity contribution is -0.133. The van der Waals surface area contributed by atoms with Crippen molar-refractivity contribution in [2.45, 2.75) is 53.2 Å². The third-order valence-electron chi connectivity index (χ3n) is 3.38. The summed E-state index contributed by atoms with van der Waals surface area (Å²) >= 11 is 0. The highest BCUT2D eigenvalue weighted by Gasteiger charge is 2.21. The van der Waals surface area contributed by atoms with E-state index in [0.29, 0.717) is 18.1 Å². The van der Waals surface area contributed by atoms with E-state index < -0.39 is 6.10 Å². The number of hydrogen-bond acceptors (Lipinski definition) is 5. The lowest BCUT2D eigenvalue weighted by atomic mass is 10.2. The Bertz CT molecular complexity index is 678. The SMILES string of the molecule is Cc1cc(C)n2nc(CC(=O)N(CC(C)O)C(C)C)nc2n1. The third-order valence-corrected chi connectivity index (χ3v) is 3.38. The Morgan fingerprint density at radius 1 is 1.32 bits per heavy atom. The smallest absolute Gasteiger partial charge is 0.252 e. The number of carbonyl (C=O) groups is 1. The van der Waals surface area contributed by atoms with E-state index in [1.165, 1.54) is 0 Å². The second-order valence-corrected chi connectivity index (χ2v) is 5.94. The van der Waals surface area contributed by atoms with E-state index in [1.54, 1.807) is 16.3 Å². The Labute approximate surface area is 130 Å². The molecule has 2 aromatic rings. The molecule has 0 bridgehead atoms. The number of amides is 1. The van der Waals surface area contributed by atoms with Crippen LogP contribution in [0.15, 0.2) is 6.07 Å². The molecule has 0 radical (unpaired) electrons. The third kappa shape index (κ3) is 3.59. The van der Waals surface area contributed by atoms with Gasteiger partial charge >= 0.3 is 0 Å². The molecule has 7 heteroatoms. The molecular weight excluding hydrogens is 282 g/mol. The molecule has 2 aromatic heterocycles. The fourth-order valence-corrected chi connectivity index (χ4v) is 2.40. The number of aryl methyl sites for hydroxylation is 2. The Morgan fingerprint density at radius 2 is 2.00 bits per heavy atom. The molecule has 0 fully saturated rings. The molecular formula is C15H23N5O2. The van der Waals surface area contributed by atoms with E-state index in [-0.39, 0.29) is 18.4 Å². The average molecular weight is 305 g/mol. The van der Waals surface area contributed by atoms with Crippen molar-refractivity contribution in [2.24, 2.45) is 0 Å². The van der Waals surface area contributed by atoms with Gasteiger partial charge in [-0.1, -0.05) is 0 Å². The van der Waals surface area contributed by atoms with Crippen LogP contribution in [0, 0.1) is 13.8 Å². The number of carbonyl (C=O) groups excluding carboxylic acids is 1. The zero-order chi connectivity index (χ0) is 16.4. The van der Waals surface area contributed by atoms with Crippen LogP contribution in [0.5, 0.6) is 0 Å². The van der Waals surface area contributed by atoms with Crippen LogP contribution in [0.4, 0.5) is 0 Å². The maximum Gasteiger partial charge on any atom is 0.252 e. The van der Waals surface area contributed by atoms with Crippen molar-refractivity contribution in [1.82, 2.24) is 24.5 Å². The molecule has 7 nitrogen and oxygen atoms in total. The van der Waals surface area contributed by atoms with Gasteiger partial charge in [0, 0.05) is 24.0 Å². The predicted molar refractivity (Wildman–Crippen MR) is 82.5 cm³/mol. The predicted octanol–water partition coefficient (Wildman–Crippen LogP) is 0.901. The van der Waals surface area contributed by atoms with Gasteiger partial charge < -0.3 is 10.0 Å². The van der Waals surface area contributed by atoms with Gasteiger partial charge in [0.2, 0.25) is 5.91 Å². The molecule has 0 aromatic carbocycles. The lowest BCUT2D eigenvalue weighted by Crippen LogP contribution is -2.42. The summed E-state index contributed by atoms with van der Waals surface area (Å²) in [5, 5.41) is 13.9. The molecule has 2 heterocycles. The number of aromatic nitrogens is 4. The van der Waals surface area contributed by atoms with Crippen LogP contribution >= 0.6 is 0 Å². The van der Waals surface area contributed by atoms with Gasteiger partial charge in [-0.3, -0.25) is 4.79 Å². The quantitative estimate of drug-likeness (QED) is 0.887. The summed E-state index contributed by atoms with van der Waals surface area (Å²) in [7, 11) is 0. The summed E-state index contributed by atoms with van der Waals surface area (Å²) < 4.78 is 1.64. The fourth-order valence-electron chi connectivity index (χ4n) is 2.40. The maximum atomic E-state index is 12.4. The Hall–Kier alpha value is -2.02. The minimum absolute atomic E-state index is 0.0150. The first-order valence-electron chi connectivity index (χ1n) is 7.45. The van der Waals surface area contributed by atoms with E-state index in [4.69, 9.17) is 0 Å². The van der Waals surface area contributed by atoms with Gasteiger partial charge in [-0.2, -0.15) is 4.98 Å². The molecule has 1 N–H and O–H groups in total. The molecule has 0 saturated carbocycles. The van der Waals surface area contributed by atoms with E-state index >= 15 is 0 Å². The molecule has 0 aliphatic carbocycles. The molecule has 0 aliphatic heterocycles. The van der Waals surface area contributed by atoms with E-state index in [9.17, 15) is 9.90 Å². The second kappa shape index (κ2) is 6.39. The number of fused-ring (bicyclic) bond motifs is 1.